The molecule has 0 unspecified atom stereocenters. The lowest BCUT2D eigenvalue weighted by Crippen LogP contribution is -1.99. The molecule has 0 amide bonds. The zero-order chi connectivity index (χ0) is 17.8. The fourth-order valence-corrected chi connectivity index (χ4v) is 2.77. The number of benzene rings is 2. The molecule has 0 aliphatic rings. The summed E-state index contributed by atoms with van der Waals surface area (Å²) in [6.45, 7) is 0. The highest BCUT2D eigenvalue weighted by Crippen LogP contribution is 2.29. The van der Waals surface area contributed by atoms with Gasteiger partial charge in [-0.1, -0.05) is 41.9 Å². The molecular weight excluding hydrogens is 346 g/mol. The van der Waals surface area contributed by atoms with Crippen LogP contribution in [0.15, 0.2) is 78.2 Å². The van der Waals surface area contributed by atoms with Crippen LogP contribution in [-0.2, 0) is 0 Å². The van der Waals surface area contributed by atoms with Crippen molar-refractivity contribution < 1.29 is 0 Å². The number of rotatable bonds is 4. The summed E-state index contributed by atoms with van der Waals surface area (Å²) in [5.74, 6) is 1.17. The zero-order valence-corrected chi connectivity index (χ0v) is 14.4. The van der Waals surface area contributed by atoms with Gasteiger partial charge in [0.1, 0.15) is 0 Å². The van der Waals surface area contributed by atoms with Crippen LogP contribution in [0, 0.1) is 0 Å². The molecule has 0 bridgehead atoms. The summed E-state index contributed by atoms with van der Waals surface area (Å²) < 4.78 is 0. The predicted molar refractivity (Wildman–Crippen MR) is 105 cm³/mol. The predicted octanol–water partition coefficient (Wildman–Crippen LogP) is 4.79. The minimum Gasteiger partial charge on any atom is -0.264 e. The van der Waals surface area contributed by atoms with Crippen LogP contribution in [0.2, 0.25) is 5.02 Å². The number of para-hydroxylation sites is 1. The van der Waals surface area contributed by atoms with Gasteiger partial charge in [-0.3, -0.25) is 10.4 Å². The maximum Gasteiger partial charge on any atom is 0.163 e. The lowest BCUT2D eigenvalue weighted by Gasteiger charge is -2.09. The number of fused-ring (bicyclic) bond motifs is 1. The van der Waals surface area contributed by atoms with E-state index in [1.165, 1.54) is 0 Å². The van der Waals surface area contributed by atoms with Crippen molar-refractivity contribution in [2.75, 3.05) is 5.43 Å². The molecule has 0 aliphatic carbocycles. The van der Waals surface area contributed by atoms with E-state index >= 15 is 0 Å². The average Bonchev–Trinajstić information content (AvgIpc) is 2.69. The second kappa shape index (κ2) is 7.29. The van der Waals surface area contributed by atoms with Crippen molar-refractivity contribution in [1.29, 1.82) is 0 Å². The lowest BCUT2D eigenvalue weighted by molar-refractivity contribution is 1.19. The number of hydrazone groups is 1. The van der Waals surface area contributed by atoms with Gasteiger partial charge in [0.15, 0.2) is 11.6 Å². The minimum absolute atomic E-state index is 0.549. The van der Waals surface area contributed by atoms with E-state index < -0.39 is 0 Å². The van der Waals surface area contributed by atoms with Crippen LogP contribution in [-0.4, -0.2) is 21.2 Å². The molecule has 0 spiro atoms. The second-order valence-electron chi connectivity index (χ2n) is 5.55. The van der Waals surface area contributed by atoms with E-state index in [0.717, 1.165) is 22.0 Å². The molecule has 126 valence electrons. The van der Waals surface area contributed by atoms with Gasteiger partial charge < -0.3 is 0 Å². The highest BCUT2D eigenvalue weighted by Gasteiger charge is 2.11. The van der Waals surface area contributed by atoms with E-state index in [9.17, 15) is 0 Å². The van der Waals surface area contributed by atoms with Crippen LogP contribution in [0.3, 0.4) is 0 Å². The first-order chi connectivity index (χ1) is 12.8. The quantitative estimate of drug-likeness (QED) is 0.420. The van der Waals surface area contributed by atoms with Crippen molar-refractivity contribution in [2.45, 2.75) is 0 Å². The normalized spacial score (nSPS) is 11.1. The average molecular weight is 360 g/mol. The lowest BCUT2D eigenvalue weighted by atomic mass is 10.2. The number of hydrogen-bond acceptors (Lipinski definition) is 5. The third-order valence-corrected chi connectivity index (χ3v) is 4.12. The molecular formula is C20H14ClN5. The Morgan fingerprint density at radius 3 is 2.62 bits per heavy atom. The smallest absolute Gasteiger partial charge is 0.163 e. The maximum atomic E-state index is 6.31. The van der Waals surface area contributed by atoms with E-state index in [0.29, 0.717) is 16.7 Å². The van der Waals surface area contributed by atoms with Gasteiger partial charge in [0, 0.05) is 28.9 Å². The standard InChI is InChI=1S/C20H14ClN5/c21-17-9-3-1-7-15(17)19-24-18-10-4-2-8-16(18)20(25-19)26-23-13-14-6-5-11-22-12-14/h1-13H,(H,24,25,26)/b23-13-. The molecule has 2 heterocycles. The van der Waals surface area contributed by atoms with Crippen LogP contribution < -0.4 is 5.43 Å². The Morgan fingerprint density at radius 2 is 1.77 bits per heavy atom. The third kappa shape index (κ3) is 3.38. The van der Waals surface area contributed by atoms with Gasteiger partial charge >= 0.3 is 0 Å². The molecule has 26 heavy (non-hydrogen) atoms. The zero-order valence-electron chi connectivity index (χ0n) is 13.7. The van der Waals surface area contributed by atoms with E-state index in [1.807, 2.05) is 60.7 Å². The van der Waals surface area contributed by atoms with Crippen molar-refractivity contribution in [1.82, 2.24) is 15.0 Å². The highest BCUT2D eigenvalue weighted by atomic mass is 35.5. The molecule has 0 saturated carbocycles. The first-order valence-corrected chi connectivity index (χ1v) is 8.40. The first kappa shape index (κ1) is 16.2. The molecule has 0 aliphatic heterocycles. The molecule has 0 radical (unpaired) electrons. The number of anilines is 1. The molecule has 4 rings (SSSR count). The maximum absolute atomic E-state index is 6.31. The van der Waals surface area contributed by atoms with Crippen LogP contribution in [0.25, 0.3) is 22.3 Å². The summed E-state index contributed by atoms with van der Waals surface area (Å²) in [7, 11) is 0. The Morgan fingerprint density at radius 1 is 0.923 bits per heavy atom. The fraction of sp³-hybridized carbons (Fsp3) is 0. The summed E-state index contributed by atoms with van der Waals surface area (Å²) in [4.78, 5) is 13.3. The van der Waals surface area contributed by atoms with Gasteiger partial charge in [0.05, 0.1) is 16.8 Å². The van der Waals surface area contributed by atoms with E-state index in [4.69, 9.17) is 11.6 Å². The summed E-state index contributed by atoms with van der Waals surface area (Å²) >= 11 is 6.31. The van der Waals surface area contributed by atoms with E-state index in [2.05, 4.69) is 25.5 Å². The number of pyridine rings is 1. The Kier molecular flexibility index (Phi) is 4.53. The van der Waals surface area contributed by atoms with E-state index in [1.54, 1.807) is 18.6 Å². The van der Waals surface area contributed by atoms with Gasteiger partial charge in [-0.05, 0) is 30.3 Å². The van der Waals surface area contributed by atoms with Crippen LogP contribution >= 0.6 is 11.6 Å². The molecule has 0 saturated heterocycles. The fourth-order valence-electron chi connectivity index (χ4n) is 2.55. The largest absolute Gasteiger partial charge is 0.264 e. The molecule has 1 N–H and O–H groups in total. The number of nitrogens with one attached hydrogen (secondary N) is 1. The monoisotopic (exact) mass is 359 g/mol. The third-order valence-electron chi connectivity index (χ3n) is 3.79. The van der Waals surface area contributed by atoms with Crippen molar-refractivity contribution in [3.05, 3.63) is 83.6 Å². The van der Waals surface area contributed by atoms with Crippen molar-refractivity contribution in [2.24, 2.45) is 5.10 Å². The molecule has 6 heteroatoms. The Bertz CT molecular complexity index is 1080. The Hall–Kier alpha value is -3.31. The topological polar surface area (TPSA) is 63.1 Å². The van der Waals surface area contributed by atoms with Crippen molar-refractivity contribution >= 4 is 34.5 Å². The van der Waals surface area contributed by atoms with Gasteiger partial charge in [0.25, 0.3) is 0 Å². The molecule has 2 aromatic heterocycles. The van der Waals surface area contributed by atoms with Gasteiger partial charge in [-0.15, -0.1) is 0 Å². The molecule has 2 aromatic carbocycles. The summed E-state index contributed by atoms with van der Waals surface area (Å²) in [6, 6.07) is 19.1. The summed E-state index contributed by atoms with van der Waals surface area (Å²) in [6.07, 6.45) is 5.15. The highest BCUT2D eigenvalue weighted by molar-refractivity contribution is 6.33. The van der Waals surface area contributed by atoms with Crippen LogP contribution in [0.4, 0.5) is 5.82 Å². The molecule has 0 fully saturated rings. The SMILES string of the molecule is Clc1ccccc1-c1nc(N/N=C\c2cccnc2)c2ccccc2n1. The first-order valence-electron chi connectivity index (χ1n) is 8.02. The van der Waals surface area contributed by atoms with Gasteiger partial charge in [0.2, 0.25) is 0 Å². The molecule has 0 atom stereocenters. The van der Waals surface area contributed by atoms with Crippen molar-refractivity contribution in [3.63, 3.8) is 0 Å². The number of nitrogens with zero attached hydrogens (tertiary/aromatic N) is 4. The Labute approximate surface area is 155 Å². The second-order valence-corrected chi connectivity index (χ2v) is 5.96. The Balaban J connectivity index is 1.75. The minimum atomic E-state index is 0.549. The molecule has 4 aromatic rings. The van der Waals surface area contributed by atoms with Crippen molar-refractivity contribution in [3.8, 4) is 11.4 Å². The number of aromatic nitrogens is 3. The van der Waals surface area contributed by atoms with Gasteiger partial charge in [-0.2, -0.15) is 5.10 Å². The number of hydrogen-bond donors (Lipinski definition) is 1. The van der Waals surface area contributed by atoms with Crippen LogP contribution in [0.1, 0.15) is 5.56 Å². The van der Waals surface area contributed by atoms with Crippen LogP contribution in [0.5, 0.6) is 0 Å². The van der Waals surface area contributed by atoms with E-state index in [-0.39, 0.29) is 0 Å². The summed E-state index contributed by atoms with van der Waals surface area (Å²) in [5, 5.41) is 5.77. The van der Waals surface area contributed by atoms with Gasteiger partial charge in [-0.25, -0.2) is 9.97 Å². The number of halogens is 1. The summed E-state index contributed by atoms with van der Waals surface area (Å²) in [5.41, 5.74) is 5.50. The molecule has 5 nitrogen and oxygen atoms in total.